The number of nitrogens with zero attached hydrogens (tertiary/aromatic N) is 3. The summed E-state index contributed by atoms with van der Waals surface area (Å²) in [6.07, 6.45) is 7.29. The summed E-state index contributed by atoms with van der Waals surface area (Å²) in [5.74, 6) is 1.60. The molecule has 3 N–H and O–H groups in total. The van der Waals surface area contributed by atoms with E-state index in [4.69, 9.17) is 5.11 Å². The van der Waals surface area contributed by atoms with Crippen LogP contribution in [0.4, 0.5) is 11.6 Å². The van der Waals surface area contributed by atoms with Crippen LogP contribution in [0.15, 0.2) is 18.6 Å². The number of aliphatic hydroxyl groups is 1. The van der Waals surface area contributed by atoms with Gasteiger partial charge in [0.05, 0.1) is 6.20 Å². The van der Waals surface area contributed by atoms with E-state index in [0.29, 0.717) is 0 Å². The average Bonchev–Trinajstić information content (AvgIpc) is 2.83. The van der Waals surface area contributed by atoms with Gasteiger partial charge < -0.3 is 20.1 Å². The SMILES string of the molecule is CCNc1cn2ccnc2c(NCCCCO)n1. The molecule has 0 spiro atoms. The van der Waals surface area contributed by atoms with Crippen molar-refractivity contribution in [2.45, 2.75) is 19.8 Å². The zero-order chi connectivity index (χ0) is 12.8. The fourth-order valence-corrected chi connectivity index (χ4v) is 1.76. The fourth-order valence-electron chi connectivity index (χ4n) is 1.76. The summed E-state index contributed by atoms with van der Waals surface area (Å²) in [5, 5.41) is 15.2. The molecule has 0 radical (unpaired) electrons. The molecule has 0 aromatic carbocycles. The van der Waals surface area contributed by atoms with E-state index < -0.39 is 0 Å². The third-order valence-electron chi connectivity index (χ3n) is 2.61. The first-order valence-electron chi connectivity index (χ1n) is 6.27. The van der Waals surface area contributed by atoms with Gasteiger partial charge in [-0.3, -0.25) is 0 Å². The first-order valence-corrected chi connectivity index (χ1v) is 6.27. The molecule has 2 rings (SSSR count). The topological polar surface area (TPSA) is 74.5 Å². The zero-order valence-corrected chi connectivity index (χ0v) is 10.6. The van der Waals surface area contributed by atoms with Crippen LogP contribution in [-0.4, -0.2) is 39.2 Å². The van der Waals surface area contributed by atoms with Gasteiger partial charge in [-0.05, 0) is 19.8 Å². The Hall–Kier alpha value is -1.82. The molecule has 6 nitrogen and oxygen atoms in total. The van der Waals surface area contributed by atoms with E-state index in [-0.39, 0.29) is 6.61 Å². The van der Waals surface area contributed by atoms with Crippen molar-refractivity contribution in [2.24, 2.45) is 0 Å². The smallest absolute Gasteiger partial charge is 0.180 e. The maximum absolute atomic E-state index is 8.75. The summed E-state index contributed by atoms with van der Waals surface area (Å²) >= 11 is 0. The van der Waals surface area contributed by atoms with Crippen molar-refractivity contribution in [3.8, 4) is 0 Å². The monoisotopic (exact) mass is 249 g/mol. The number of anilines is 2. The van der Waals surface area contributed by atoms with Gasteiger partial charge in [-0.1, -0.05) is 0 Å². The van der Waals surface area contributed by atoms with Crippen LogP contribution in [0.5, 0.6) is 0 Å². The van der Waals surface area contributed by atoms with Crippen molar-refractivity contribution < 1.29 is 5.11 Å². The lowest BCUT2D eigenvalue weighted by Crippen LogP contribution is -2.09. The summed E-state index contributed by atoms with van der Waals surface area (Å²) in [6, 6.07) is 0. The first-order chi connectivity index (χ1) is 8.85. The number of unbranched alkanes of at least 4 members (excludes halogenated alkanes) is 1. The van der Waals surface area contributed by atoms with Crippen molar-refractivity contribution in [1.82, 2.24) is 14.4 Å². The number of rotatable bonds is 7. The van der Waals surface area contributed by atoms with Crippen LogP contribution >= 0.6 is 0 Å². The van der Waals surface area contributed by atoms with Crippen LogP contribution in [0, 0.1) is 0 Å². The molecule has 0 atom stereocenters. The van der Waals surface area contributed by atoms with Gasteiger partial charge in [-0.2, -0.15) is 0 Å². The van der Waals surface area contributed by atoms with Gasteiger partial charge in [0.25, 0.3) is 0 Å². The molecule has 2 aromatic rings. The van der Waals surface area contributed by atoms with E-state index in [1.807, 2.05) is 23.7 Å². The second-order valence-corrected chi connectivity index (χ2v) is 4.02. The molecule has 2 aromatic heterocycles. The lowest BCUT2D eigenvalue weighted by molar-refractivity contribution is 0.286. The number of aromatic nitrogens is 3. The maximum Gasteiger partial charge on any atom is 0.180 e. The van der Waals surface area contributed by atoms with E-state index in [9.17, 15) is 0 Å². The third kappa shape index (κ3) is 2.89. The predicted octanol–water partition coefficient (Wildman–Crippen LogP) is 1.35. The van der Waals surface area contributed by atoms with Crippen molar-refractivity contribution in [2.75, 3.05) is 30.3 Å². The molecule has 0 saturated carbocycles. The summed E-state index contributed by atoms with van der Waals surface area (Å²) in [6.45, 7) is 3.88. The molecule has 0 fully saturated rings. The van der Waals surface area contributed by atoms with E-state index in [0.717, 1.165) is 43.2 Å². The minimum absolute atomic E-state index is 0.228. The third-order valence-corrected chi connectivity index (χ3v) is 2.61. The highest BCUT2D eigenvalue weighted by Gasteiger charge is 2.06. The Morgan fingerprint density at radius 3 is 3.00 bits per heavy atom. The highest BCUT2D eigenvalue weighted by Crippen LogP contribution is 2.16. The predicted molar refractivity (Wildman–Crippen MR) is 72.0 cm³/mol. The van der Waals surface area contributed by atoms with Crippen molar-refractivity contribution in [3.05, 3.63) is 18.6 Å². The van der Waals surface area contributed by atoms with Gasteiger partial charge in [0.15, 0.2) is 11.5 Å². The largest absolute Gasteiger partial charge is 0.396 e. The second-order valence-electron chi connectivity index (χ2n) is 4.02. The lowest BCUT2D eigenvalue weighted by Gasteiger charge is -2.09. The molecule has 0 unspecified atom stereocenters. The van der Waals surface area contributed by atoms with Crippen LogP contribution in [0.3, 0.4) is 0 Å². The lowest BCUT2D eigenvalue weighted by atomic mass is 10.3. The minimum atomic E-state index is 0.228. The summed E-state index contributed by atoms with van der Waals surface area (Å²) in [4.78, 5) is 8.77. The van der Waals surface area contributed by atoms with Gasteiger partial charge >= 0.3 is 0 Å². The molecule has 18 heavy (non-hydrogen) atoms. The molecule has 0 aliphatic rings. The molecule has 0 bridgehead atoms. The van der Waals surface area contributed by atoms with E-state index in [2.05, 4.69) is 20.6 Å². The highest BCUT2D eigenvalue weighted by atomic mass is 16.2. The maximum atomic E-state index is 8.75. The standard InChI is InChI=1S/C12H19N5O/c1-2-13-10-9-17-7-6-15-12(17)11(16-10)14-5-3-4-8-18/h6-7,9,13,18H,2-5,8H2,1H3,(H,14,16). The van der Waals surface area contributed by atoms with Crippen LogP contribution in [0.1, 0.15) is 19.8 Å². The number of aliphatic hydroxyl groups excluding tert-OH is 1. The van der Waals surface area contributed by atoms with E-state index >= 15 is 0 Å². The van der Waals surface area contributed by atoms with E-state index in [1.54, 1.807) is 6.20 Å². The van der Waals surface area contributed by atoms with Crippen LogP contribution in [0.2, 0.25) is 0 Å². The van der Waals surface area contributed by atoms with Crippen LogP contribution in [0.25, 0.3) is 5.65 Å². The van der Waals surface area contributed by atoms with Gasteiger partial charge in [0.1, 0.15) is 5.82 Å². The van der Waals surface area contributed by atoms with E-state index in [1.165, 1.54) is 0 Å². The number of hydrogen-bond donors (Lipinski definition) is 3. The number of hydrogen-bond acceptors (Lipinski definition) is 5. The quantitative estimate of drug-likeness (QED) is 0.646. The number of nitrogens with one attached hydrogen (secondary N) is 2. The van der Waals surface area contributed by atoms with Gasteiger partial charge in [-0.25, -0.2) is 9.97 Å². The Labute approximate surface area is 106 Å². The highest BCUT2D eigenvalue weighted by molar-refractivity contribution is 5.65. The summed E-state index contributed by atoms with van der Waals surface area (Å²) < 4.78 is 1.94. The Balaban J connectivity index is 2.15. The summed E-state index contributed by atoms with van der Waals surface area (Å²) in [5.41, 5.74) is 0.820. The fraction of sp³-hybridized carbons (Fsp3) is 0.500. The number of fused-ring (bicyclic) bond motifs is 1. The Bertz CT molecular complexity index is 496. The normalized spacial score (nSPS) is 10.8. The van der Waals surface area contributed by atoms with Gasteiger partial charge in [0, 0.05) is 32.1 Å². The van der Waals surface area contributed by atoms with Crippen molar-refractivity contribution in [1.29, 1.82) is 0 Å². The molecule has 2 heterocycles. The van der Waals surface area contributed by atoms with Gasteiger partial charge in [-0.15, -0.1) is 0 Å². The first kappa shape index (κ1) is 12.6. The summed E-state index contributed by atoms with van der Waals surface area (Å²) in [7, 11) is 0. The van der Waals surface area contributed by atoms with Gasteiger partial charge in [0.2, 0.25) is 0 Å². The molecule has 98 valence electrons. The average molecular weight is 249 g/mol. The second kappa shape index (κ2) is 6.20. The minimum Gasteiger partial charge on any atom is -0.396 e. The molecule has 0 saturated heterocycles. The Morgan fingerprint density at radius 2 is 2.22 bits per heavy atom. The van der Waals surface area contributed by atoms with Crippen LogP contribution in [-0.2, 0) is 0 Å². The molecule has 0 aliphatic carbocycles. The molecule has 0 aliphatic heterocycles. The van der Waals surface area contributed by atoms with Crippen molar-refractivity contribution in [3.63, 3.8) is 0 Å². The Morgan fingerprint density at radius 1 is 1.33 bits per heavy atom. The molecule has 6 heteroatoms. The van der Waals surface area contributed by atoms with Crippen molar-refractivity contribution >= 4 is 17.3 Å². The molecular formula is C12H19N5O. The zero-order valence-electron chi connectivity index (χ0n) is 10.6. The molecule has 0 amide bonds. The van der Waals surface area contributed by atoms with Crippen LogP contribution < -0.4 is 10.6 Å². The number of imidazole rings is 1. The Kier molecular flexibility index (Phi) is 4.35. The molecular weight excluding hydrogens is 230 g/mol.